The number of hydrogen-bond acceptors (Lipinski definition) is 4. The minimum absolute atomic E-state index is 0.00666. The fraction of sp³-hybridized carbons (Fsp3) is 0.533. The molecule has 0 saturated carbocycles. The number of ketones is 1. The van der Waals surface area contributed by atoms with E-state index in [2.05, 4.69) is 0 Å². The Balaban J connectivity index is 3.10. The summed E-state index contributed by atoms with van der Waals surface area (Å²) in [5.41, 5.74) is 0.850. The summed E-state index contributed by atoms with van der Waals surface area (Å²) in [7, 11) is 9.25. The smallest absolute Gasteiger partial charge is 0.209 e. The second-order valence-corrected chi connectivity index (χ2v) is 5.01. The third-order valence-electron chi connectivity index (χ3n) is 3.54. The SMILES string of the molecule is CCC(OC)(C(=O)c1ccc(N(C)C)cc1)N(C)C. The first-order valence-corrected chi connectivity index (χ1v) is 6.43. The van der Waals surface area contributed by atoms with E-state index in [0.717, 1.165) is 5.69 Å². The van der Waals surface area contributed by atoms with Gasteiger partial charge in [-0.25, -0.2) is 0 Å². The molecule has 1 aromatic rings. The number of methoxy groups -OCH3 is 1. The van der Waals surface area contributed by atoms with Gasteiger partial charge in [-0.1, -0.05) is 6.92 Å². The molecule has 0 spiro atoms. The van der Waals surface area contributed by atoms with Crippen molar-refractivity contribution in [3.05, 3.63) is 29.8 Å². The van der Waals surface area contributed by atoms with E-state index in [1.165, 1.54) is 0 Å². The summed E-state index contributed by atoms with van der Waals surface area (Å²) in [6, 6.07) is 7.59. The number of ether oxygens (including phenoxy) is 1. The van der Waals surface area contributed by atoms with Crippen LogP contribution in [0.25, 0.3) is 0 Å². The lowest BCUT2D eigenvalue weighted by molar-refractivity contribution is -0.0839. The average molecular weight is 264 g/mol. The van der Waals surface area contributed by atoms with Gasteiger partial charge in [0.25, 0.3) is 0 Å². The van der Waals surface area contributed by atoms with Crippen LogP contribution in [0.2, 0.25) is 0 Å². The van der Waals surface area contributed by atoms with Crippen molar-refractivity contribution in [2.24, 2.45) is 0 Å². The Morgan fingerprint density at radius 1 is 1.16 bits per heavy atom. The van der Waals surface area contributed by atoms with E-state index in [1.807, 2.05) is 69.2 Å². The van der Waals surface area contributed by atoms with Crippen LogP contribution in [0, 0.1) is 0 Å². The summed E-state index contributed by atoms with van der Waals surface area (Å²) in [6.45, 7) is 1.95. The van der Waals surface area contributed by atoms with Gasteiger partial charge >= 0.3 is 0 Å². The maximum absolute atomic E-state index is 12.7. The first-order chi connectivity index (χ1) is 8.89. The summed E-state index contributed by atoms with van der Waals surface area (Å²) >= 11 is 0. The number of benzene rings is 1. The number of carbonyl (C=O) groups excluding carboxylic acids is 1. The summed E-state index contributed by atoms with van der Waals surface area (Å²) < 4.78 is 5.51. The minimum atomic E-state index is -0.889. The Kier molecular flexibility index (Phi) is 5.09. The van der Waals surface area contributed by atoms with Crippen LogP contribution in [0.1, 0.15) is 23.7 Å². The second kappa shape index (κ2) is 6.17. The van der Waals surface area contributed by atoms with Crippen molar-refractivity contribution >= 4 is 11.5 Å². The Morgan fingerprint density at radius 2 is 1.68 bits per heavy atom. The number of Topliss-reactive ketones (excluding diaryl/α,β-unsaturated/α-hetero) is 1. The predicted octanol–water partition coefficient (Wildman–Crippen LogP) is 2.25. The molecule has 0 aromatic heterocycles. The molecule has 1 rings (SSSR count). The molecular formula is C15H24N2O2. The normalized spacial score (nSPS) is 14.3. The number of anilines is 1. The Morgan fingerprint density at radius 3 is 2.00 bits per heavy atom. The summed E-state index contributed by atoms with van der Waals surface area (Å²) in [5.74, 6) is -0.00666. The van der Waals surface area contributed by atoms with Gasteiger partial charge < -0.3 is 9.64 Å². The van der Waals surface area contributed by atoms with Gasteiger partial charge in [-0.2, -0.15) is 0 Å². The van der Waals surface area contributed by atoms with E-state index in [-0.39, 0.29) is 5.78 Å². The van der Waals surface area contributed by atoms with Crippen molar-refractivity contribution in [1.29, 1.82) is 0 Å². The number of likely N-dealkylation sites (N-methyl/N-ethyl adjacent to an activating group) is 1. The lowest BCUT2D eigenvalue weighted by Crippen LogP contribution is -2.52. The van der Waals surface area contributed by atoms with E-state index in [1.54, 1.807) is 7.11 Å². The highest BCUT2D eigenvalue weighted by Crippen LogP contribution is 2.24. The van der Waals surface area contributed by atoms with E-state index in [0.29, 0.717) is 12.0 Å². The fourth-order valence-corrected chi connectivity index (χ4v) is 2.24. The minimum Gasteiger partial charge on any atom is -0.378 e. The lowest BCUT2D eigenvalue weighted by Gasteiger charge is -2.36. The van der Waals surface area contributed by atoms with Crippen LogP contribution in [-0.4, -0.2) is 51.7 Å². The third-order valence-corrected chi connectivity index (χ3v) is 3.54. The van der Waals surface area contributed by atoms with Crippen molar-refractivity contribution < 1.29 is 9.53 Å². The molecule has 19 heavy (non-hydrogen) atoms. The van der Waals surface area contributed by atoms with E-state index in [9.17, 15) is 4.79 Å². The monoisotopic (exact) mass is 264 g/mol. The van der Waals surface area contributed by atoms with Crippen LogP contribution in [0.5, 0.6) is 0 Å². The quantitative estimate of drug-likeness (QED) is 0.583. The number of rotatable bonds is 6. The van der Waals surface area contributed by atoms with Crippen molar-refractivity contribution in [3.8, 4) is 0 Å². The molecule has 0 amide bonds. The van der Waals surface area contributed by atoms with Crippen molar-refractivity contribution in [1.82, 2.24) is 4.90 Å². The van der Waals surface area contributed by atoms with Gasteiger partial charge in [0.05, 0.1) is 0 Å². The Bertz CT molecular complexity index is 420. The van der Waals surface area contributed by atoms with Gasteiger partial charge in [-0.15, -0.1) is 0 Å². The Hall–Kier alpha value is -1.39. The molecule has 106 valence electrons. The first kappa shape index (κ1) is 15.7. The van der Waals surface area contributed by atoms with E-state index < -0.39 is 5.72 Å². The van der Waals surface area contributed by atoms with Gasteiger partial charge in [0.2, 0.25) is 5.78 Å². The molecule has 0 bridgehead atoms. The first-order valence-electron chi connectivity index (χ1n) is 6.43. The van der Waals surface area contributed by atoms with Crippen LogP contribution < -0.4 is 4.90 Å². The zero-order chi connectivity index (χ0) is 14.6. The van der Waals surface area contributed by atoms with Crippen LogP contribution in [0.15, 0.2) is 24.3 Å². The highest BCUT2D eigenvalue weighted by Gasteiger charge is 2.39. The molecule has 0 heterocycles. The molecular weight excluding hydrogens is 240 g/mol. The zero-order valence-electron chi connectivity index (χ0n) is 12.7. The molecule has 0 radical (unpaired) electrons. The summed E-state index contributed by atoms with van der Waals surface area (Å²) in [4.78, 5) is 16.5. The highest BCUT2D eigenvalue weighted by molar-refractivity contribution is 6.02. The lowest BCUT2D eigenvalue weighted by atomic mass is 9.96. The van der Waals surface area contributed by atoms with Crippen molar-refractivity contribution in [2.45, 2.75) is 19.1 Å². The molecule has 1 atom stereocenters. The van der Waals surface area contributed by atoms with E-state index in [4.69, 9.17) is 4.74 Å². The van der Waals surface area contributed by atoms with Gasteiger partial charge in [0.1, 0.15) is 0 Å². The molecule has 1 unspecified atom stereocenters. The summed E-state index contributed by atoms with van der Waals surface area (Å²) in [6.07, 6.45) is 0.602. The molecule has 0 N–H and O–H groups in total. The number of carbonyl (C=O) groups is 1. The Labute approximate surface area is 116 Å². The van der Waals surface area contributed by atoms with Crippen molar-refractivity contribution in [2.75, 3.05) is 40.2 Å². The molecule has 1 aromatic carbocycles. The summed E-state index contributed by atoms with van der Waals surface area (Å²) in [5, 5.41) is 0. The van der Waals surface area contributed by atoms with Gasteiger partial charge in [-0.05, 0) is 44.8 Å². The third kappa shape index (κ3) is 2.96. The molecule has 0 saturated heterocycles. The topological polar surface area (TPSA) is 32.8 Å². The van der Waals surface area contributed by atoms with Crippen LogP contribution in [0.4, 0.5) is 5.69 Å². The highest BCUT2D eigenvalue weighted by atomic mass is 16.5. The largest absolute Gasteiger partial charge is 0.378 e. The molecule has 0 aliphatic carbocycles. The van der Waals surface area contributed by atoms with Crippen molar-refractivity contribution in [3.63, 3.8) is 0 Å². The maximum atomic E-state index is 12.7. The van der Waals surface area contributed by atoms with Crippen LogP contribution in [0.3, 0.4) is 0 Å². The molecule has 4 nitrogen and oxygen atoms in total. The number of hydrogen-bond donors (Lipinski definition) is 0. The molecule has 0 fully saturated rings. The van der Waals surface area contributed by atoms with Gasteiger partial charge in [0.15, 0.2) is 5.72 Å². The zero-order valence-corrected chi connectivity index (χ0v) is 12.7. The average Bonchev–Trinajstić information content (AvgIpc) is 2.40. The second-order valence-electron chi connectivity index (χ2n) is 5.01. The molecule has 0 aliphatic heterocycles. The maximum Gasteiger partial charge on any atom is 0.209 e. The van der Waals surface area contributed by atoms with E-state index >= 15 is 0 Å². The molecule has 4 heteroatoms. The standard InChI is InChI=1S/C15H24N2O2/c1-7-15(19-6,17(4)5)14(18)12-8-10-13(11-9-12)16(2)3/h8-11H,7H2,1-6H3. The number of nitrogens with zero attached hydrogens (tertiary/aromatic N) is 2. The van der Waals surface area contributed by atoms with Gasteiger partial charge in [-0.3, -0.25) is 9.69 Å². The predicted molar refractivity (Wildman–Crippen MR) is 78.8 cm³/mol. The van der Waals surface area contributed by atoms with Crippen LogP contribution >= 0.6 is 0 Å². The fourth-order valence-electron chi connectivity index (χ4n) is 2.24. The van der Waals surface area contributed by atoms with Crippen LogP contribution in [-0.2, 0) is 4.74 Å². The van der Waals surface area contributed by atoms with Gasteiger partial charge in [0, 0.05) is 32.5 Å². The molecule has 0 aliphatic rings.